The van der Waals surface area contributed by atoms with Crippen LogP contribution in [0.2, 0.25) is 0 Å². The second-order valence-corrected chi connectivity index (χ2v) is 3.18. The van der Waals surface area contributed by atoms with E-state index in [9.17, 15) is 0 Å². The smallest absolute Gasteiger partial charge is 0.0379 e. The molecular weight excluding hydrogens is 194 g/mol. The topological polar surface area (TPSA) is 12.9 Å². The minimum absolute atomic E-state index is 1.08. The Morgan fingerprint density at radius 2 is 1.44 bits per heavy atom. The molecule has 0 N–H and O–H groups in total. The van der Waals surface area contributed by atoms with Gasteiger partial charge >= 0.3 is 0 Å². The monoisotopic (exact) mass is 217 g/mol. The number of nitrogens with zero attached hydrogens (tertiary/aromatic N) is 1. The van der Waals surface area contributed by atoms with Crippen molar-refractivity contribution in [2.75, 3.05) is 0 Å². The van der Waals surface area contributed by atoms with E-state index in [0.29, 0.717) is 0 Å². The molecular formula is C15H23N. The fourth-order valence-corrected chi connectivity index (χ4v) is 1.37. The zero-order valence-corrected chi connectivity index (χ0v) is 11.3. The Labute approximate surface area is 99.5 Å². The van der Waals surface area contributed by atoms with Gasteiger partial charge in [-0.3, -0.25) is 4.98 Å². The summed E-state index contributed by atoms with van der Waals surface area (Å²) in [4.78, 5) is 4.24. The molecule has 1 aromatic heterocycles. The van der Waals surface area contributed by atoms with Gasteiger partial charge in [0.1, 0.15) is 0 Å². The number of pyridine rings is 1. The van der Waals surface area contributed by atoms with Crippen LogP contribution in [-0.2, 0) is 0 Å². The van der Waals surface area contributed by atoms with E-state index in [-0.39, 0.29) is 0 Å². The van der Waals surface area contributed by atoms with Crippen LogP contribution in [0.15, 0.2) is 30.5 Å². The number of hydrogen-bond donors (Lipinski definition) is 0. The average Bonchev–Trinajstić information content (AvgIpc) is 2.33. The van der Waals surface area contributed by atoms with Crippen LogP contribution in [0.1, 0.15) is 39.0 Å². The summed E-state index contributed by atoms with van der Waals surface area (Å²) in [5, 5.41) is 2.49. The first kappa shape index (κ1) is 14.6. The first-order chi connectivity index (χ1) is 7.75. The van der Waals surface area contributed by atoms with Gasteiger partial charge in [-0.05, 0) is 25.3 Å². The molecule has 88 valence electrons. The highest BCUT2D eigenvalue weighted by atomic mass is 14.6. The fraction of sp³-hybridized carbons (Fsp3) is 0.400. The van der Waals surface area contributed by atoms with Crippen molar-refractivity contribution in [1.82, 2.24) is 4.98 Å². The van der Waals surface area contributed by atoms with Gasteiger partial charge < -0.3 is 0 Å². The fourth-order valence-electron chi connectivity index (χ4n) is 1.37. The van der Waals surface area contributed by atoms with Crippen molar-refractivity contribution in [3.8, 4) is 0 Å². The van der Waals surface area contributed by atoms with Crippen molar-refractivity contribution in [1.29, 1.82) is 0 Å². The molecule has 2 aromatic rings. The first-order valence-electron chi connectivity index (χ1n) is 6.09. The number of benzene rings is 1. The van der Waals surface area contributed by atoms with E-state index in [1.807, 2.05) is 40.8 Å². The maximum atomic E-state index is 4.24. The number of rotatable bonds is 0. The molecule has 1 nitrogen and oxygen atoms in total. The standard InChI is InChI=1S/C11H11N.2C2H6/c1-8-3-4-10-7-12-9(2)6-11(10)5-8;2*1-2/h3-7H,1-2H3;2*1-2H3. The quantitative estimate of drug-likeness (QED) is 0.611. The molecule has 0 unspecified atom stereocenters. The molecule has 2 rings (SSSR count). The number of aryl methyl sites for hydroxylation is 2. The SMILES string of the molecule is CC.CC.Cc1ccc2cnc(C)cc2c1. The summed E-state index contributed by atoms with van der Waals surface area (Å²) in [7, 11) is 0. The highest BCUT2D eigenvalue weighted by molar-refractivity contribution is 5.82. The normalized spacial score (nSPS) is 8.62. The van der Waals surface area contributed by atoms with Gasteiger partial charge in [-0.2, -0.15) is 0 Å². The number of fused-ring (bicyclic) bond motifs is 1. The second-order valence-electron chi connectivity index (χ2n) is 3.18. The van der Waals surface area contributed by atoms with Gasteiger partial charge in [-0.1, -0.05) is 51.5 Å². The maximum absolute atomic E-state index is 4.24. The second kappa shape index (κ2) is 7.86. The molecule has 0 saturated heterocycles. The van der Waals surface area contributed by atoms with Crippen LogP contribution in [0.5, 0.6) is 0 Å². The summed E-state index contributed by atoms with van der Waals surface area (Å²) in [6.07, 6.45) is 1.92. The molecule has 0 aliphatic rings. The molecule has 0 fully saturated rings. The Morgan fingerprint density at radius 3 is 2.06 bits per heavy atom. The van der Waals surface area contributed by atoms with Crippen LogP contribution in [0.4, 0.5) is 0 Å². The summed E-state index contributed by atoms with van der Waals surface area (Å²) in [6, 6.07) is 8.52. The van der Waals surface area contributed by atoms with Gasteiger partial charge in [-0.15, -0.1) is 0 Å². The molecule has 1 heterocycles. The van der Waals surface area contributed by atoms with Crippen LogP contribution < -0.4 is 0 Å². The van der Waals surface area contributed by atoms with Crippen LogP contribution in [-0.4, -0.2) is 4.98 Å². The Bertz CT molecular complexity index is 382. The molecule has 0 saturated carbocycles. The van der Waals surface area contributed by atoms with Gasteiger partial charge in [0.05, 0.1) is 0 Å². The molecule has 16 heavy (non-hydrogen) atoms. The number of hydrogen-bond acceptors (Lipinski definition) is 1. The first-order valence-corrected chi connectivity index (χ1v) is 6.09. The Balaban J connectivity index is 0.000000509. The Morgan fingerprint density at radius 1 is 0.812 bits per heavy atom. The molecule has 0 aliphatic heterocycles. The Kier molecular flexibility index (Phi) is 7.19. The predicted octanol–water partition coefficient (Wildman–Crippen LogP) is 4.90. The zero-order valence-electron chi connectivity index (χ0n) is 11.3. The number of aromatic nitrogens is 1. The molecule has 0 aliphatic carbocycles. The van der Waals surface area contributed by atoms with Crippen molar-refractivity contribution in [3.05, 3.63) is 41.7 Å². The van der Waals surface area contributed by atoms with Crippen LogP contribution in [0.25, 0.3) is 10.8 Å². The van der Waals surface area contributed by atoms with E-state index in [4.69, 9.17) is 0 Å². The highest BCUT2D eigenvalue weighted by Gasteiger charge is 1.93. The van der Waals surface area contributed by atoms with Crippen molar-refractivity contribution in [3.63, 3.8) is 0 Å². The minimum atomic E-state index is 1.08. The van der Waals surface area contributed by atoms with Crippen molar-refractivity contribution < 1.29 is 0 Å². The van der Waals surface area contributed by atoms with E-state index >= 15 is 0 Å². The van der Waals surface area contributed by atoms with Gasteiger partial charge in [0, 0.05) is 17.3 Å². The van der Waals surface area contributed by atoms with Crippen LogP contribution >= 0.6 is 0 Å². The van der Waals surface area contributed by atoms with E-state index in [0.717, 1.165) is 5.69 Å². The lowest BCUT2D eigenvalue weighted by atomic mass is 10.1. The summed E-state index contributed by atoms with van der Waals surface area (Å²) in [5.41, 5.74) is 2.38. The largest absolute Gasteiger partial charge is 0.261 e. The van der Waals surface area contributed by atoms with E-state index in [2.05, 4.69) is 36.2 Å². The van der Waals surface area contributed by atoms with Crippen LogP contribution in [0.3, 0.4) is 0 Å². The zero-order chi connectivity index (χ0) is 12.6. The van der Waals surface area contributed by atoms with Crippen molar-refractivity contribution in [2.24, 2.45) is 0 Å². The average molecular weight is 217 g/mol. The Hall–Kier alpha value is -1.37. The van der Waals surface area contributed by atoms with Gasteiger partial charge in [0.25, 0.3) is 0 Å². The third-order valence-electron chi connectivity index (χ3n) is 2.01. The van der Waals surface area contributed by atoms with E-state index in [1.54, 1.807) is 0 Å². The maximum Gasteiger partial charge on any atom is 0.0379 e. The molecule has 1 aromatic carbocycles. The summed E-state index contributed by atoms with van der Waals surface area (Å²) < 4.78 is 0. The molecule has 0 spiro atoms. The van der Waals surface area contributed by atoms with E-state index in [1.165, 1.54) is 16.3 Å². The van der Waals surface area contributed by atoms with Gasteiger partial charge in [0.15, 0.2) is 0 Å². The lowest BCUT2D eigenvalue weighted by Crippen LogP contribution is -1.81. The molecule has 0 bridgehead atoms. The predicted molar refractivity (Wildman–Crippen MR) is 73.9 cm³/mol. The lowest BCUT2D eigenvalue weighted by molar-refractivity contribution is 1.22. The van der Waals surface area contributed by atoms with Gasteiger partial charge in [-0.25, -0.2) is 0 Å². The summed E-state index contributed by atoms with van der Waals surface area (Å²) >= 11 is 0. The van der Waals surface area contributed by atoms with Crippen molar-refractivity contribution in [2.45, 2.75) is 41.5 Å². The summed E-state index contributed by atoms with van der Waals surface area (Å²) in [5.74, 6) is 0. The molecule has 0 radical (unpaired) electrons. The third kappa shape index (κ3) is 4.01. The molecule has 1 heteroatoms. The highest BCUT2D eigenvalue weighted by Crippen LogP contribution is 2.15. The lowest BCUT2D eigenvalue weighted by Gasteiger charge is -1.99. The van der Waals surface area contributed by atoms with Gasteiger partial charge in [0.2, 0.25) is 0 Å². The summed E-state index contributed by atoms with van der Waals surface area (Å²) in [6.45, 7) is 12.1. The van der Waals surface area contributed by atoms with Crippen LogP contribution in [0, 0.1) is 13.8 Å². The molecule has 0 amide bonds. The van der Waals surface area contributed by atoms with E-state index < -0.39 is 0 Å². The van der Waals surface area contributed by atoms with Crippen molar-refractivity contribution >= 4 is 10.8 Å². The molecule has 0 atom stereocenters. The third-order valence-corrected chi connectivity index (χ3v) is 2.01. The minimum Gasteiger partial charge on any atom is -0.261 e.